The molecule has 0 saturated heterocycles. The number of benzene rings is 9. The van der Waals surface area contributed by atoms with Gasteiger partial charge in [0.1, 0.15) is 0 Å². The van der Waals surface area contributed by atoms with E-state index in [0.29, 0.717) is 6.54 Å². The number of anilines is 9. The molecule has 9 aromatic carbocycles. The average molecular weight is 1180 g/mol. The van der Waals surface area contributed by atoms with Gasteiger partial charge in [-0.25, -0.2) is 9.97 Å². The van der Waals surface area contributed by atoms with E-state index in [1.165, 1.54) is 11.1 Å². The molecule has 1 aliphatic rings. The van der Waals surface area contributed by atoms with Crippen molar-refractivity contribution in [1.82, 2.24) is 9.97 Å². The van der Waals surface area contributed by atoms with Crippen LogP contribution >= 0.6 is 0 Å². The van der Waals surface area contributed by atoms with E-state index in [9.17, 15) is 0 Å². The number of para-hydroxylation sites is 5. The fourth-order valence-corrected chi connectivity index (χ4v) is 11.6. The van der Waals surface area contributed by atoms with Gasteiger partial charge in [0.25, 0.3) is 0 Å². The van der Waals surface area contributed by atoms with Gasteiger partial charge in [0.15, 0.2) is 0 Å². The summed E-state index contributed by atoms with van der Waals surface area (Å²) < 4.78 is 0. The van der Waals surface area contributed by atoms with Gasteiger partial charge in [-0.05, 0) is 154 Å². The van der Waals surface area contributed by atoms with Crippen LogP contribution in [0.1, 0.15) is 70.7 Å². The standard InChI is InChI=1S/C80H70N6.2C2H6/c1-8-14-32-60-34-23-29-44-74(60)84(58(7)12-5)76-55-56-77(68(31-10-3)67(76)13-6)85(63-35-18-15-16-19-36-63)65-49-45-61(46-50-65)79-80(82-72-42-27-26-41-71(72)81-79)62-47-51-66(52-48-62)86(64-37-20-17-21-38-64)78-54-53-75(69-39-24-25-40-70(69)78)83(57-11-4)73-43-28-22-33-59(73)30-9-2;2*1-2/h8-15,17-29,31,33-56,58H,2,4-6,30,32,57H2,1,3,7H3;2*1-2H3/b14-8-,31-10-;;. The lowest BCUT2D eigenvalue weighted by Gasteiger charge is -2.35. The zero-order chi connectivity index (χ0) is 63.4. The Morgan fingerprint density at radius 1 is 0.478 bits per heavy atom. The van der Waals surface area contributed by atoms with E-state index >= 15 is 0 Å². The summed E-state index contributed by atoms with van der Waals surface area (Å²) in [6.07, 6.45) is 28.3. The summed E-state index contributed by atoms with van der Waals surface area (Å²) in [5.74, 6) is 0. The van der Waals surface area contributed by atoms with E-state index in [4.69, 9.17) is 9.97 Å². The van der Waals surface area contributed by atoms with Gasteiger partial charge in [-0.1, -0.05) is 204 Å². The lowest BCUT2D eigenvalue weighted by Crippen LogP contribution is -2.28. The number of allylic oxidation sites excluding steroid dienone is 8. The summed E-state index contributed by atoms with van der Waals surface area (Å²) >= 11 is 0. The molecule has 0 fully saturated rings. The number of nitrogens with zero attached hydrogens (tertiary/aromatic N) is 6. The van der Waals surface area contributed by atoms with Gasteiger partial charge in [-0.2, -0.15) is 0 Å². The van der Waals surface area contributed by atoms with Crippen molar-refractivity contribution in [2.45, 2.75) is 67.3 Å². The van der Waals surface area contributed by atoms with Crippen LogP contribution in [0, 0.1) is 0 Å². The molecule has 6 heteroatoms. The molecule has 90 heavy (non-hydrogen) atoms. The number of rotatable bonds is 22. The molecular formula is C84H82N6. The van der Waals surface area contributed by atoms with Gasteiger partial charge in [-0.15, -0.1) is 25.5 Å². The van der Waals surface area contributed by atoms with Crippen LogP contribution in [-0.4, -0.2) is 22.6 Å². The Morgan fingerprint density at radius 3 is 1.61 bits per heavy atom. The predicted molar refractivity (Wildman–Crippen MR) is 393 cm³/mol. The summed E-state index contributed by atoms with van der Waals surface area (Å²) in [6.45, 7) is 32.0. The topological polar surface area (TPSA) is 38.7 Å². The summed E-state index contributed by atoms with van der Waals surface area (Å²) in [6, 6.07) is 71.0. The molecule has 448 valence electrons. The van der Waals surface area contributed by atoms with Gasteiger partial charge in [0, 0.05) is 91.1 Å². The monoisotopic (exact) mass is 1170 g/mol. The largest absolute Gasteiger partial charge is 0.337 e. The third-order valence-corrected chi connectivity index (χ3v) is 15.7. The van der Waals surface area contributed by atoms with Crippen LogP contribution in [0.2, 0.25) is 0 Å². The minimum Gasteiger partial charge on any atom is -0.337 e. The zero-order valence-corrected chi connectivity index (χ0v) is 53.3. The Balaban J connectivity index is 0.00000235. The van der Waals surface area contributed by atoms with Crippen molar-refractivity contribution in [1.29, 1.82) is 0 Å². The highest BCUT2D eigenvalue weighted by Crippen LogP contribution is 2.46. The molecule has 11 rings (SSSR count). The lowest BCUT2D eigenvalue weighted by molar-refractivity contribution is 0.859. The van der Waals surface area contributed by atoms with E-state index in [1.54, 1.807) is 0 Å². The highest BCUT2D eigenvalue weighted by Gasteiger charge is 2.26. The molecule has 0 saturated carbocycles. The highest BCUT2D eigenvalue weighted by atomic mass is 15.2. The molecule has 1 atom stereocenters. The maximum Gasteiger partial charge on any atom is 0.0973 e. The Kier molecular flexibility index (Phi) is 22.1. The van der Waals surface area contributed by atoms with Crippen LogP contribution in [0.3, 0.4) is 0 Å². The van der Waals surface area contributed by atoms with Crippen LogP contribution in [0.15, 0.2) is 305 Å². The molecule has 0 N–H and O–H groups in total. The summed E-state index contributed by atoms with van der Waals surface area (Å²) in [5, 5.41) is 2.26. The number of hydrogen-bond acceptors (Lipinski definition) is 6. The van der Waals surface area contributed by atoms with Crippen LogP contribution in [0.4, 0.5) is 51.2 Å². The Hall–Kier alpha value is -10.8. The minimum atomic E-state index is -0.0246. The first-order valence-electron chi connectivity index (χ1n) is 31.4. The van der Waals surface area contributed by atoms with Crippen LogP contribution < -0.4 is 19.6 Å². The van der Waals surface area contributed by atoms with Gasteiger partial charge < -0.3 is 19.6 Å². The Bertz CT molecular complexity index is 4330. The van der Waals surface area contributed by atoms with Gasteiger partial charge in [0.2, 0.25) is 0 Å². The van der Waals surface area contributed by atoms with Crippen molar-refractivity contribution in [2.75, 3.05) is 26.1 Å². The molecule has 1 unspecified atom stereocenters. The fourth-order valence-electron chi connectivity index (χ4n) is 11.6. The second-order valence-corrected chi connectivity index (χ2v) is 21.0. The molecule has 1 aliphatic carbocycles. The number of hydrogen-bond donors (Lipinski definition) is 0. The van der Waals surface area contributed by atoms with E-state index in [1.807, 2.05) is 94.5 Å². The number of fused-ring (bicyclic) bond motifs is 2. The third kappa shape index (κ3) is 13.7. The zero-order valence-electron chi connectivity index (χ0n) is 53.3. The molecule has 0 amide bonds. The maximum absolute atomic E-state index is 5.40. The summed E-state index contributed by atoms with van der Waals surface area (Å²) in [4.78, 5) is 20.2. The average Bonchev–Trinajstić information content (AvgIpc) is 0.884. The molecule has 0 radical (unpaired) electrons. The SMILES string of the molecule is C=CCc1ccccc1N(CC=C)c1ccc(N(c2ccccc2)c2ccc(-c3nc4ccccc4nc3-c3ccc(N(C4=CC=C=CC=C4)c4ccc(N(c5ccccc5C/C=C\C)C(C)C=C)c(C=C)c4/C=C\C)cc3)cc2)c2ccccc12.CC.CC. The lowest BCUT2D eigenvalue weighted by atomic mass is 9.97. The van der Waals surface area contributed by atoms with Crippen molar-refractivity contribution >= 4 is 85.1 Å². The van der Waals surface area contributed by atoms with Crippen molar-refractivity contribution in [2.24, 2.45) is 0 Å². The smallest absolute Gasteiger partial charge is 0.0973 e. The van der Waals surface area contributed by atoms with Gasteiger partial charge >= 0.3 is 0 Å². The molecule has 1 heterocycles. The molecule has 0 bridgehead atoms. The van der Waals surface area contributed by atoms with Crippen LogP contribution in [-0.2, 0) is 12.8 Å². The van der Waals surface area contributed by atoms with Gasteiger partial charge in [-0.3, -0.25) is 0 Å². The minimum absolute atomic E-state index is 0.0246. The Labute approximate surface area is 535 Å². The second-order valence-electron chi connectivity index (χ2n) is 21.0. The van der Waals surface area contributed by atoms with E-state index in [-0.39, 0.29) is 6.04 Å². The molecule has 0 spiro atoms. The molecule has 10 aromatic rings. The van der Waals surface area contributed by atoms with Crippen LogP contribution in [0.25, 0.3) is 56.5 Å². The Morgan fingerprint density at radius 2 is 1.01 bits per heavy atom. The number of aromatic nitrogens is 2. The summed E-state index contributed by atoms with van der Waals surface area (Å²) in [7, 11) is 0. The molecule has 6 nitrogen and oxygen atoms in total. The fraction of sp³-hybridized carbons (Fsp3) is 0.131. The van der Waals surface area contributed by atoms with Crippen molar-refractivity contribution in [3.05, 3.63) is 327 Å². The quantitative estimate of drug-likeness (QED) is 0.0497. The van der Waals surface area contributed by atoms with Crippen molar-refractivity contribution in [3.63, 3.8) is 0 Å². The third-order valence-electron chi connectivity index (χ3n) is 15.7. The van der Waals surface area contributed by atoms with Crippen molar-refractivity contribution in [3.8, 4) is 22.5 Å². The first kappa shape index (κ1) is 63.7. The highest BCUT2D eigenvalue weighted by molar-refractivity contribution is 6.06. The summed E-state index contributed by atoms with van der Waals surface area (Å²) in [5.41, 5.74) is 23.3. The van der Waals surface area contributed by atoms with E-state index in [0.717, 1.165) is 125 Å². The first-order chi connectivity index (χ1) is 44.4. The van der Waals surface area contributed by atoms with E-state index in [2.05, 4.69) is 285 Å². The predicted octanol–water partition coefficient (Wildman–Crippen LogP) is 23.5. The van der Waals surface area contributed by atoms with Crippen LogP contribution in [0.5, 0.6) is 0 Å². The first-order valence-corrected chi connectivity index (χ1v) is 31.4. The van der Waals surface area contributed by atoms with E-state index < -0.39 is 0 Å². The second kappa shape index (κ2) is 31.2. The molecule has 0 aliphatic heterocycles. The van der Waals surface area contributed by atoms with Crippen molar-refractivity contribution < 1.29 is 0 Å². The van der Waals surface area contributed by atoms with Gasteiger partial charge in [0.05, 0.1) is 33.8 Å². The molecule has 1 aromatic heterocycles. The maximum atomic E-state index is 5.40. The molecular weight excluding hydrogens is 1090 g/mol. The normalized spacial score (nSPS) is 11.9.